The summed E-state index contributed by atoms with van der Waals surface area (Å²) in [5, 5.41) is 3.90. The van der Waals surface area contributed by atoms with E-state index in [1.54, 1.807) is 12.0 Å². The highest BCUT2D eigenvalue weighted by Gasteiger charge is 2.35. The lowest BCUT2D eigenvalue weighted by Crippen LogP contribution is -2.34. The number of fused-ring (bicyclic) bond motifs is 1. The first kappa shape index (κ1) is 18.1. The van der Waals surface area contributed by atoms with Crippen molar-refractivity contribution in [2.45, 2.75) is 19.4 Å². The number of hydrogen-bond acceptors (Lipinski definition) is 4. The minimum atomic E-state index is -0.380. The van der Waals surface area contributed by atoms with Crippen molar-refractivity contribution < 1.29 is 18.7 Å². The fourth-order valence-corrected chi connectivity index (χ4v) is 3.57. The number of nitrogens with one attached hydrogen (secondary N) is 1. The highest BCUT2D eigenvalue weighted by atomic mass is 16.5. The number of benzene rings is 2. The van der Waals surface area contributed by atoms with Gasteiger partial charge in [-0.05, 0) is 31.2 Å². The summed E-state index contributed by atoms with van der Waals surface area (Å²) in [4.78, 5) is 26.7. The monoisotopic (exact) mass is 378 g/mol. The number of carbonyl (C=O) groups excluding carboxylic acids is 2. The average Bonchev–Trinajstić information content (AvgIpc) is 3.32. The molecule has 1 aliphatic heterocycles. The molecule has 3 aromatic rings. The van der Waals surface area contributed by atoms with E-state index in [0.29, 0.717) is 23.6 Å². The number of furan rings is 1. The third-order valence-corrected chi connectivity index (χ3v) is 5.10. The number of ether oxygens (including phenoxy) is 1. The molecule has 1 N–H and O–H groups in total. The van der Waals surface area contributed by atoms with Crippen molar-refractivity contribution in [2.75, 3.05) is 18.6 Å². The Morgan fingerprint density at radius 1 is 1.21 bits per heavy atom. The molecule has 6 heteroatoms. The van der Waals surface area contributed by atoms with Gasteiger partial charge in [0.1, 0.15) is 5.76 Å². The maximum Gasteiger partial charge on any atom is 0.227 e. The fourth-order valence-electron chi connectivity index (χ4n) is 3.57. The van der Waals surface area contributed by atoms with E-state index < -0.39 is 0 Å². The van der Waals surface area contributed by atoms with Crippen molar-refractivity contribution in [2.24, 2.45) is 5.92 Å². The van der Waals surface area contributed by atoms with Crippen molar-refractivity contribution in [1.29, 1.82) is 0 Å². The number of carbonyl (C=O) groups is 2. The topological polar surface area (TPSA) is 71.8 Å². The van der Waals surface area contributed by atoms with Crippen LogP contribution in [0.1, 0.15) is 25.1 Å². The predicted octanol–water partition coefficient (Wildman–Crippen LogP) is 3.67. The Morgan fingerprint density at radius 2 is 2.00 bits per heavy atom. The van der Waals surface area contributed by atoms with E-state index in [-0.39, 0.29) is 30.2 Å². The molecule has 144 valence electrons. The highest BCUT2D eigenvalue weighted by molar-refractivity contribution is 6.00. The van der Waals surface area contributed by atoms with Crippen molar-refractivity contribution >= 4 is 28.5 Å². The molecule has 2 unspecified atom stereocenters. The van der Waals surface area contributed by atoms with Crippen LogP contribution in [-0.2, 0) is 9.59 Å². The molecular weight excluding hydrogens is 356 g/mol. The van der Waals surface area contributed by atoms with E-state index in [4.69, 9.17) is 9.15 Å². The van der Waals surface area contributed by atoms with Crippen molar-refractivity contribution in [1.82, 2.24) is 5.32 Å². The maximum atomic E-state index is 12.7. The van der Waals surface area contributed by atoms with E-state index in [0.717, 1.165) is 11.1 Å². The molecule has 4 rings (SSSR count). The van der Waals surface area contributed by atoms with Crippen LogP contribution in [0.4, 0.5) is 5.69 Å². The number of nitrogens with zero attached hydrogens (tertiary/aromatic N) is 1. The van der Waals surface area contributed by atoms with Gasteiger partial charge in [-0.15, -0.1) is 0 Å². The SMILES string of the molecule is COc1cccc2cc(C(C)NC(=O)C3CC(=O)N(c4ccccc4)C3)oc12. The molecule has 1 aromatic heterocycles. The second kappa shape index (κ2) is 7.38. The first-order valence-electron chi connectivity index (χ1n) is 9.29. The summed E-state index contributed by atoms with van der Waals surface area (Å²) in [6.07, 6.45) is 0.210. The Hall–Kier alpha value is -3.28. The normalized spacial score (nSPS) is 17.7. The molecule has 1 fully saturated rings. The summed E-state index contributed by atoms with van der Waals surface area (Å²) < 4.78 is 11.2. The molecular formula is C22H22N2O4. The quantitative estimate of drug-likeness (QED) is 0.735. The Morgan fingerprint density at radius 3 is 2.75 bits per heavy atom. The third-order valence-electron chi connectivity index (χ3n) is 5.10. The van der Waals surface area contributed by atoms with Gasteiger partial charge in [0.15, 0.2) is 11.3 Å². The summed E-state index contributed by atoms with van der Waals surface area (Å²) in [7, 11) is 1.60. The number of hydrogen-bond donors (Lipinski definition) is 1. The zero-order valence-electron chi connectivity index (χ0n) is 15.8. The molecule has 0 spiro atoms. The highest BCUT2D eigenvalue weighted by Crippen LogP contribution is 2.31. The van der Waals surface area contributed by atoms with E-state index in [1.165, 1.54) is 0 Å². The molecule has 2 aromatic carbocycles. The van der Waals surface area contributed by atoms with Crippen molar-refractivity contribution in [3.05, 3.63) is 60.4 Å². The second-order valence-corrected chi connectivity index (χ2v) is 7.00. The van der Waals surface area contributed by atoms with Crippen LogP contribution < -0.4 is 15.0 Å². The molecule has 6 nitrogen and oxygen atoms in total. The Balaban J connectivity index is 1.46. The molecule has 0 saturated carbocycles. The van der Waals surface area contributed by atoms with Gasteiger partial charge in [0.05, 0.1) is 19.1 Å². The van der Waals surface area contributed by atoms with Gasteiger partial charge in [-0.1, -0.05) is 30.3 Å². The van der Waals surface area contributed by atoms with E-state index in [1.807, 2.05) is 61.5 Å². The summed E-state index contributed by atoms with van der Waals surface area (Å²) in [5.74, 6) is 0.743. The van der Waals surface area contributed by atoms with Gasteiger partial charge in [0.25, 0.3) is 0 Å². The second-order valence-electron chi connectivity index (χ2n) is 7.00. The first-order valence-corrected chi connectivity index (χ1v) is 9.29. The lowest BCUT2D eigenvalue weighted by molar-refractivity contribution is -0.127. The van der Waals surface area contributed by atoms with E-state index >= 15 is 0 Å². The minimum Gasteiger partial charge on any atom is -0.493 e. The van der Waals surface area contributed by atoms with Crippen LogP contribution in [0.2, 0.25) is 0 Å². The largest absolute Gasteiger partial charge is 0.493 e. The maximum absolute atomic E-state index is 12.7. The van der Waals surface area contributed by atoms with Gasteiger partial charge in [-0.2, -0.15) is 0 Å². The minimum absolute atomic E-state index is 0.0347. The molecule has 2 amide bonds. The summed E-state index contributed by atoms with van der Waals surface area (Å²) in [5.41, 5.74) is 1.48. The third kappa shape index (κ3) is 3.33. The van der Waals surface area contributed by atoms with Gasteiger partial charge >= 0.3 is 0 Å². The number of para-hydroxylation sites is 2. The average molecular weight is 378 g/mol. The Bertz CT molecular complexity index is 1010. The number of methoxy groups -OCH3 is 1. The summed E-state index contributed by atoms with van der Waals surface area (Å²) in [6.45, 7) is 2.25. The van der Waals surface area contributed by atoms with E-state index in [9.17, 15) is 9.59 Å². The molecule has 28 heavy (non-hydrogen) atoms. The molecule has 0 bridgehead atoms. The van der Waals surface area contributed by atoms with Gasteiger partial charge < -0.3 is 19.4 Å². The predicted molar refractivity (Wildman–Crippen MR) is 106 cm³/mol. The van der Waals surface area contributed by atoms with Crippen LogP contribution in [-0.4, -0.2) is 25.5 Å². The van der Waals surface area contributed by atoms with Crippen LogP contribution in [0.3, 0.4) is 0 Å². The number of amides is 2. The summed E-state index contributed by atoms with van der Waals surface area (Å²) >= 11 is 0. The van der Waals surface area contributed by atoms with Crippen LogP contribution in [0, 0.1) is 5.92 Å². The standard InChI is InChI=1S/C22H22N2O4/c1-14(19-11-15-7-6-10-18(27-2)21(15)28-19)23-22(26)16-12-20(25)24(13-16)17-8-4-3-5-9-17/h3-11,14,16H,12-13H2,1-2H3,(H,23,26). The van der Waals surface area contributed by atoms with Crippen LogP contribution in [0.5, 0.6) is 5.75 Å². The lowest BCUT2D eigenvalue weighted by Gasteiger charge is -2.17. The van der Waals surface area contributed by atoms with Crippen LogP contribution in [0.15, 0.2) is 59.0 Å². The van der Waals surface area contributed by atoms with E-state index in [2.05, 4.69) is 5.32 Å². The molecule has 0 aliphatic carbocycles. The molecule has 1 aliphatic rings. The van der Waals surface area contributed by atoms with Crippen LogP contribution >= 0.6 is 0 Å². The number of rotatable bonds is 5. The number of anilines is 1. The lowest BCUT2D eigenvalue weighted by atomic mass is 10.1. The van der Waals surface area contributed by atoms with Crippen molar-refractivity contribution in [3.63, 3.8) is 0 Å². The van der Waals surface area contributed by atoms with Gasteiger partial charge in [0, 0.05) is 24.0 Å². The van der Waals surface area contributed by atoms with Crippen LogP contribution in [0.25, 0.3) is 11.0 Å². The zero-order valence-corrected chi connectivity index (χ0v) is 15.8. The molecule has 2 atom stereocenters. The molecule has 2 heterocycles. The molecule has 0 radical (unpaired) electrons. The van der Waals surface area contributed by atoms with Gasteiger partial charge in [-0.3, -0.25) is 9.59 Å². The molecule has 1 saturated heterocycles. The van der Waals surface area contributed by atoms with Gasteiger partial charge in [0.2, 0.25) is 11.8 Å². The first-order chi connectivity index (χ1) is 13.6. The Kier molecular flexibility index (Phi) is 4.77. The summed E-state index contributed by atoms with van der Waals surface area (Å²) in [6, 6.07) is 16.7. The zero-order chi connectivity index (χ0) is 19.7. The fraction of sp³-hybridized carbons (Fsp3) is 0.273. The Labute approximate surface area is 163 Å². The smallest absolute Gasteiger partial charge is 0.227 e. The van der Waals surface area contributed by atoms with Gasteiger partial charge in [-0.25, -0.2) is 0 Å². The van der Waals surface area contributed by atoms with Crippen molar-refractivity contribution in [3.8, 4) is 5.75 Å².